The van der Waals surface area contributed by atoms with Gasteiger partial charge in [-0.1, -0.05) is 31.2 Å². The Morgan fingerprint density at radius 2 is 1.59 bits per heavy atom. The zero-order valence-electron chi connectivity index (χ0n) is 13.9. The third-order valence-corrected chi connectivity index (χ3v) is 6.24. The number of fused-ring (bicyclic) bond motifs is 1. The number of anilines is 1. The van der Waals surface area contributed by atoms with Gasteiger partial charge in [0, 0.05) is 43.6 Å². The Hall–Kier alpha value is -1.59. The average molecular weight is 320 g/mol. The summed E-state index contributed by atoms with van der Waals surface area (Å²) in [5.74, 6) is 0. The zero-order valence-corrected chi connectivity index (χ0v) is 14.7. The van der Waals surface area contributed by atoms with E-state index in [1.54, 1.807) is 13.1 Å². The Bertz CT molecular complexity index is 769. The van der Waals surface area contributed by atoms with Crippen LogP contribution in [-0.4, -0.2) is 39.9 Å². The van der Waals surface area contributed by atoms with E-state index in [4.69, 9.17) is 0 Å². The topological polar surface area (TPSA) is 40.6 Å². The predicted molar refractivity (Wildman–Crippen MR) is 93.0 cm³/mol. The Morgan fingerprint density at radius 3 is 2.18 bits per heavy atom. The lowest BCUT2D eigenvalue weighted by molar-refractivity contribution is 0.381. The first-order chi connectivity index (χ1) is 10.3. The molecule has 0 heterocycles. The number of hydrogen-bond donors (Lipinski definition) is 0. The van der Waals surface area contributed by atoms with Gasteiger partial charge in [-0.05, 0) is 25.5 Å². The van der Waals surface area contributed by atoms with Crippen LogP contribution in [0.5, 0.6) is 0 Å². The molecule has 22 heavy (non-hydrogen) atoms. The van der Waals surface area contributed by atoms with E-state index in [0.717, 1.165) is 22.9 Å². The minimum Gasteiger partial charge on any atom is -0.377 e. The molecule has 2 aromatic carbocycles. The molecule has 2 aromatic rings. The maximum Gasteiger partial charge on any atom is 0.243 e. The molecule has 0 fully saturated rings. The highest BCUT2D eigenvalue weighted by molar-refractivity contribution is 7.89. The Morgan fingerprint density at radius 1 is 1.00 bits per heavy atom. The lowest BCUT2D eigenvalue weighted by Crippen LogP contribution is -2.34. The SMILES string of the molecule is CCC(C)N(C)S(=O)(=O)c1cccc2c(N(C)C)cccc12. The summed E-state index contributed by atoms with van der Waals surface area (Å²) in [6.45, 7) is 3.91. The predicted octanol–water partition coefficient (Wildman–Crippen LogP) is 3.32. The minimum atomic E-state index is -3.50. The van der Waals surface area contributed by atoms with Crippen LogP contribution in [0.15, 0.2) is 41.3 Å². The first-order valence-electron chi connectivity index (χ1n) is 7.47. The van der Waals surface area contributed by atoms with Crippen LogP contribution >= 0.6 is 0 Å². The molecule has 0 aromatic heterocycles. The van der Waals surface area contributed by atoms with Gasteiger partial charge in [0.15, 0.2) is 0 Å². The lowest BCUT2D eigenvalue weighted by atomic mass is 10.1. The van der Waals surface area contributed by atoms with Gasteiger partial charge in [-0.25, -0.2) is 8.42 Å². The van der Waals surface area contributed by atoms with Gasteiger partial charge in [0.05, 0.1) is 4.90 Å². The summed E-state index contributed by atoms with van der Waals surface area (Å²) in [6.07, 6.45) is 0.781. The summed E-state index contributed by atoms with van der Waals surface area (Å²) in [6, 6.07) is 11.2. The molecule has 4 nitrogen and oxygen atoms in total. The molecule has 1 unspecified atom stereocenters. The van der Waals surface area contributed by atoms with Gasteiger partial charge in [0.25, 0.3) is 0 Å². The first kappa shape index (κ1) is 16.8. The molecule has 5 heteroatoms. The van der Waals surface area contributed by atoms with Crippen molar-refractivity contribution < 1.29 is 8.42 Å². The van der Waals surface area contributed by atoms with Gasteiger partial charge in [-0.2, -0.15) is 4.31 Å². The van der Waals surface area contributed by atoms with Crippen molar-refractivity contribution in [3.05, 3.63) is 36.4 Å². The van der Waals surface area contributed by atoms with Crippen molar-refractivity contribution in [3.8, 4) is 0 Å². The van der Waals surface area contributed by atoms with Crippen molar-refractivity contribution in [2.45, 2.75) is 31.2 Å². The van der Waals surface area contributed by atoms with E-state index < -0.39 is 10.0 Å². The van der Waals surface area contributed by atoms with E-state index in [9.17, 15) is 8.42 Å². The molecule has 0 aliphatic carbocycles. The maximum atomic E-state index is 12.9. The van der Waals surface area contributed by atoms with Gasteiger partial charge < -0.3 is 4.90 Å². The van der Waals surface area contributed by atoms with Crippen molar-refractivity contribution in [2.24, 2.45) is 0 Å². The zero-order chi connectivity index (χ0) is 16.5. The molecule has 0 radical (unpaired) electrons. The molecule has 1 atom stereocenters. The quantitative estimate of drug-likeness (QED) is 0.848. The molecule has 0 spiro atoms. The second-order valence-electron chi connectivity index (χ2n) is 5.80. The normalized spacial score (nSPS) is 13.5. The highest BCUT2D eigenvalue weighted by Gasteiger charge is 2.26. The highest BCUT2D eigenvalue weighted by Crippen LogP contribution is 2.31. The van der Waals surface area contributed by atoms with Crippen molar-refractivity contribution >= 4 is 26.5 Å². The fourth-order valence-electron chi connectivity index (χ4n) is 2.53. The van der Waals surface area contributed by atoms with E-state index in [1.807, 2.05) is 63.2 Å². The minimum absolute atomic E-state index is 0.0303. The van der Waals surface area contributed by atoms with Crippen LogP contribution < -0.4 is 4.90 Å². The van der Waals surface area contributed by atoms with E-state index in [-0.39, 0.29) is 6.04 Å². The molecule has 0 aliphatic rings. The van der Waals surface area contributed by atoms with Gasteiger partial charge in [0.2, 0.25) is 10.0 Å². The summed E-state index contributed by atoms with van der Waals surface area (Å²) in [7, 11) is 2.07. The molecule has 120 valence electrons. The van der Waals surface area contributed by atoms with Crippen LogP contribution in [-0.2, 0) is 10.0 Å². The second-order valence-corrected chi connectivity index (χ2v) is 7.77. The molecule has 2 rings (SSSR count). The van der Waals surface area contributed by atoms with Gasteiger partial charge in [-0.15, -0.1) is 0 Å². The maximum absolute atomic E-state index is 12.9. The molecule has 0 N–H and O–H groups in total. The Balaban J connectivity index is 2.69. The molecular weight excluding hydrogens is 296 g/mol. The summed E-state index contributed by atoms with van der Waals surface area (Å²) < 4.78 is 27.3. The van der Waals surface area contributed by atoms with E-state index in [1.165, 1.54) is 4.31 Å². The largest absolute Gasteiger partial charge is 0.377 e. The molecule has 0 aliphatic heterocycles. The molecule has 0 bridgehead atoms. The summed E-state index contributed by atoms with van der Waals surface area (Å²) in [4.78, 5) is 2.37. The number of hydrogen-bond acceptors (Lipinski definition) is 3. The van der Waals surface area contributed by atoms with Crippen LogP contribution in [0.3, 0.4) is 0 Å². The van der Waals surface area contributed by atoms with Crippen molar-refractivity contribution in [1.29, 1.82) is 0 Å². The molecular formula is C17H24N2O2S. The van der Waals surface area contributed by atoms with Gasteiger partial charge >= 0.3 is 0 Å². The standard InChI is InChI=1S/C17H24N2O2S/c1-6-13(2)19(5)22(20,21)17-12-8-9-14-15(17)10-7-11-16(14)18(3)4/h7-13H,6H2,1-5H3. The summed E-state index contributed by atoms with van der Waals surface area (Å²) in [5, 5.41) is 1.72. The summed E-state index contributed by atoms with van der Waals surface area (Å²) in [5.41, 5.74) is 1.01. The Kier molecular flexibility index (Phi) is 4.78. The third-order valence-electron chi connectivity index (χ3n) is 4.21. The number of benzene rings is 2. The third kappa shape index (κ3) is 2.83. The van der Waals surface area contributed by atoms with Gasteiger partial charge in [0.1, 0.15) is 0 Å². The molecule has 0 amide bonds. The average Bonchev–Trinajstić information content (AvgIpc) is 2.51. The van der Waals surface area contributed by atoms with Crippen molar-refractivity contribution in [2.75, 3.05) is 26.0 Å². The van der Waals surface area contributed by atoms with E-state index in [0.29, 0.717) is 4.90 Å². The van der Waals surface area contributed by atoms with Crippen LogP contribution in [0.4, 0.5) is 5.69 Å². The van der Waals surface area contributed by atoms with Crippen molar-refractivity contribution in [3.63, 3.8) is 0 Å². The van der Waals surface area contributed by atoms with Crippen LogP contribution in [0.2, 0.25) is 0 Å². The summed E-state index contributed by atoms with van der Waals surface area (Å²) >= 11 is 0. The first-order valence-corrected chi connectivity index (χ1v) is 8.91. The van der Waals surface area contributed by atoms with E-state index >= 15 is 0 Å². The second kappa shape index (κ2) is 6.26. The van der Waals surface area contributed by atoms with Crippen LogP contribution in [0.25, 0.3) is 10.8 Å². The number of nitrogens with zero attached hydrogens (tertiary/aromatic N) is 2. The number of rotatable bonds is 5. The fraction of sp³-hybridized carbons (Fsp3) is 0.412. The van der Waals surface area contributed by atoms with Crippen LogP contribution in [0.1, 0.15) is 20.3 Å². The van der Waals surface area contributed by atoms with Crippen LogP contribution in [0, 0.1) is 0 Å². The fourth-order valence-corrected chi connectivity index (χ4v) is 4.17. The molecule has 0 saturated carbocycles. The monoisotopic (exact) mass is 320 g/mol. The van der Waals surface area contributed by atoms with Crippen molar-refractivity contribution in [1.82, 2.24) is 4.31 Å². The highest BCUT2D eigenvalue weighted by atomic mass is 32.2. The van der Waals surface area contributed by atoms with E-state index in [2.05, 4.69) is 0 Å². The number of sulfonamides is 1. The lowest BCUT2D eigenvalue weighted by Gasteiger charge is -2.24. The smallest absolute Gasteiger partial charge is 0.243 e. The molecule has 0 saturated heterocycles. The Labute approximate surface area is 133 Å². The van der Waals surface area contributed by atoms with Gasteiger partial charge in [-0.3, -0.25) is 0 Å².